The van der Waals surface area contributed by atoms with Crippen LogP contribution in [0.2, 0.25) is 0 Å². The summed E-state index contributed by atoms with van der Waals surface area (Å²) in [6, 6.07) is 6.04. The Morgan fingerprint density at radius 1 is 1.18 bits per heavy atom. The van der Waals surface area contributed by atoms with E-state index in [1.807, 2.05) is 18.2 Å². The Kier molecular flexibility index (Phi) is 4.29. The fraction of sp³-hybridized carbons (Fsp3) is 0.500. The number of nitrogens with one attached hydrogen (secondary N) is 1. The number of hydrogen-bond donors (Lipinski definition) is 1. The van der Waals surface area contributed by atoms with Crippen LogP contribution in [0.1, 0.15) is 36.6 Å². The summed E-state index contributed by atoms with van der Waals surface area (Å²) in [5.41, 5.74) is 1.12. The summed E-state index contributed by atoms with van der Waals surface area (Å²) < 4.78 is 12.8. The van der Waals surface area contributed by atoms with E-state index in [1.165, 1.54) is 0 Å². The second-order valence-electron chi connectivity index (χ2n) is 5.55. The lowest BCUT2D eigenvalue weighted by Crippen LogP contribution is -2.21. The van der Waals surface area contributed by atoms with E-state index in [9.17, 15) is 0 Å². The zero-order valence-corrected chi connectivity index (χ0v) is 13.3. The van der Waals surface area contributed by atoms with Crippen LogP contribution in [0.4, 0.5) is 0 Å². The highest BCUT2D eigenvalue weighted by Gasteiger charge is 2.20. The van der Waals surface area contributed by atoms with Gasteiger partial charge in [-0.25, -0.2) is 0 Å². The average Bonchev–Trinajstić information content (AvgIpc) is 3.15. The van der Waals surface area contributed by atoms with E-state index in [2.05, 4.69) is 27.0 Å². The van der Waals surface area contributed by atoms with Crippen molar-refractivity contribution in [3.63, 3.8) is 0 Å². The van der Waals surface area contributed by atoms with Crippen molar-refractivity contribution >= 4 is 0 Å². The van der Waals surface area contributed by atoms with Gasteiger partial charge in [-0.15, -0.1) is 10.2 Å². The molecule has 0 amide bonds. The first-order valence-corrected chi connectivity index (χ1v) is 7.58. The minimum absolute atomic E-state index is 0.150. The summed E-state index contributed by atoms with van der Waals surface area (Å²) in [5, 5.41) is 12.1. The molecule has 1 atom stereocenters. The maximum Gasteiger partial charge on any atom is 0.149 e. The van der Waals surface area contributed by atoms with E-state index in [0.717, 1.165) is 54.6 Å². The van der Waals surface area contributed by atoms with Gasteiger partial charge in [0, 0.05) is 25.6 Å². The third-order valence-corrected chi connectivity index (χ3v) is 4.05. The van der Waals surface area contributed by atoms with Crippen LogP contribution in [-0.2, 0) is 19.5 Å². The van der Waals surface area contributed by atoms with Gasteiger partial charge >= 0.3 is 0 Å². The van der Waals surface area contributed by atoms with E-state index >= 15 is 0 Å². The molecule has 0 fully saturated rings. The number of rotatable bonds is 6. The van der Waals surface area contributed by atoms with Crippen LogP contribution in [-0.4, -0.2) is 29.0 Å². The first-order chi connectivity index (χ1) is 10.7. The molecule has 0 spiro atoms. The number of benzene rings is 1. The van der Waals surface area contributed by atoms with Gasteiger partial charge in [-0.05, 0) is 31.0 Å². The minimum Gasteiger partial charge on any atom is -0.497 e. The van der Waals surface area contributed by atoms with Crippen molar-refractivity contribution in [2.75, 3.05) is 14.2 Å². The number of aryl methyl sites for hydroxylation is 1. The smallest absolute Gasteiger partial charge is 0.149 e. The second kappa shape index (κ2) is 6.36. The van der Waals surface area contributed by atoms with E-state index in [-0.39, 0.29) is 6.04 Å². The molecule has 0 bridgehead atoms. The molecule has 0 unspecified atom stereocenters. The second-order valence-corrected chi connectivity index (χ2v) is 5.55. The van der Waals surface area contributed by atoms with Gasteiger partial charge in [0.25, 0.3) is 0 Å². The lowest BCUT2D eigenvalue weighted by Gasteiger charge is -2.15. The summed E-state index contributed by atoms with van der Waals surface area (Å²) in [6.07, 6.45) is 2.20. The van der Waals surface area contributed by atoms with Gasteiger partial charge in [0.15, 0.2) is 0 Å². The predicted molar refractivity (Wildman–Crippen MR) is 83.1 cm³/mol. The normalized spacial score (nSPS) is 14.7. The molecule has 1 aliphatic rings. The molecule has 118 valence electrons. The number of ether oxygens (including phenoxy) is 2. The minimum atomic E-state index is 0.150. The average molecular weight is 302 g/mol. The Balaban J connectivity index is 1.69. The summed E-state index contributed by atoms with van der Waals surface area (Å²) in [6.45, 7) is 3.86. The molecule has 2 aromatic rings. The van der Waals surface area contributed by atoms with Gasteiger partial charge in [-0.1, -0.05) is 0 Å². The predicted octanol–water partition coefficient (Wildman–Crippen LogP) is 2.09. The summed E-state index contributed by atoms with van der Waals surface area (Å²) in [5.74, 6) is 3.72. The molecule has 6 nitrogen and oxygen atoms in total. The Bertz CT molecular complexity index is 631. The van der Waals surface area contributed by atoms with Crippen molar-refractivity contribution in [3.05, 3.63) is 35.4 Å². The van der Waals surface area contributed by atoms with Crippen molar-refractivity contribution in [3.8, 4) is 11.5 Å². The zero-order valence-electron chi connectivity index (χ0n) is 13.3. The quantitative estimate of drug-likeness (QED) is 0.885. The Morgan fingerprint density at radius 2 is 1.91 bits per heavy atom. The fourth-order valence-electron chi connectivity index (χ4n) is 2.82. The van der Waals surface area contributed by atoms with Gasteiger partial charge in [-0.2, -0.15) is 0 Å². The molecule has 0 radical (unpaired) electrons. The molecule has 0 saturated carbocycles. The molecule has 1 aromatic carbocycles. The Hall–Kier alpha value is -2.08. The van der Waals surface area contributed by atoms with Crippen molar-refractivity contribution in [1.29, 1.82) is 0 Å². The number of nitrogens with zero attached hydrogens (tertiary/aromatic N) is 3. The molecule has 2 heterocycles. The number of aromatic nitrogens is 3. The molecule has 0 saturated heterocycles. The van der Waals surface area contributed by atoms with Crippen LogP contribution in [0.3, 0.4) is 0 Å². The zero-order chi connectivity index (χ0) is 15.5. The van der Waals surface area contributed by atoms with Gasteiger partial charge in [-0.3, -0.25) is 0 Å². The van der Waals surface area contributed by atoms with E-state index < -0.39 is 0 Å². The van der Waals surface area contributed by atoms with Crippen LogP contribution in [0.15, 0.2) is 18.2 Å². The van der Waals surface area contributed by atoms with Gasteiger partial charge in [0.2, 0.25) is 0 Å². The molecular weight excluding hydrogens is 280 g/mol. The third kappa shape index (κ3) is 2.92. The van der Waals surface area contributed by atoms with Crippen molar-refractivity contribution in [1.82, 2.24) is 20.1 Å². The van der Waals surface area contributed by atoms with Gasteiger partial charge < -0.3 is 19.4 Å². The van der Waals surface area contributed by atoms with E-state index in [0.29, 0.717) is 0 Å². The molecule has 3 rings (SSSR count). The molecule has 1 N–H and O–H groups in total. The van der Waals surface area contributed by atoms with Crippen LogP contribution >= 0.6 is 0 Å². The molecule has 6 heteroatoms. The maximum atomic E-state index is 5.30. The fourth-order valence-corrected chi connectivity index (χ4v) is 2.82. The highest BCUT2D eigenvalue weighted by atomic mass is 16.5. The van der Waals surface area contributed by atoms with Crippen molar-refractivity contribution < 1.29 is 9.47 Å². The topological polar surface area (TPSA) is 61.2 Å². The molecule has 22 heavy (non-hydrogen) atoms. The lowest BCUT2D eigenvalue weighted by molar-refractivity contribution is 0.392. The van der Waals surface area contributed by atoms with Crippen molar-refractivity contribution in [2.45, 2.75) is 38.9 Å². The van der Waals surface area contributed by atoms with Crippen LogP contribution < -0.4 is 14.8 Å². The number of methoxy groups -OCH3 is 2. The summed E-state index contributed by atoms with van der Waals surface area (Å²) >= 11 is 0. The van der Waals surface area contributed by atoms with Gasteiger partial charge in [0.05, 0.1) is 20.3 Å². The largest absolute Gasteiger partial charge is 0.497 e. The first-order valence-electron chi connectivity index (χ1n) is 7.58. The molecule has 0 aliphatic carbocycles. The number of fused-ring (bicyclic) bond motifs is 1. The Morgan fingerprint density at radius 3 is 2.59 bits per heavy atom. The standard InChI is InChI=1S/C16H22N4O2/c1-11(16-19-18-15-5-4-6-20(15)16)17-10-12-7-13(21-2)9-14(8-12)22-3/h7-9,11,17H,4-6,10H2,1-3H3/t11-/m1/s1. The first kappa shape index (κ1) is 14.8. The van der Waals surface area contributed by atoms with Crippen LogP contribution in [0.5, 0.6) is 11.5 Å². The van der Waals surface area contributed by atoms with E-state index in [1.54, 1.807) is 14.2 Å². The highest BCUT2D eigenvalue weighted by Crippen LogP contribution is 2.23. The van der Waals surface area contributed by atoms with Crippen LogP contribution in [0, 0.1) is 0 Å². The molecule has 1 aromatic heterocycles. The molecule has 1 aliphatic heterocycles. The highest BCUT2D eigenvalue weighted by molar-refractivity contribution is 5.38. The maximum absolute atomic E-state index is 5.30. The van der Waals surface area contributed by atoms with E-state index in [4.69, 9.17) is 9.47 Å². The summed E-state index contributed by atoms with van der Waals surface area (Å²) in [7, 11) is 3.32. The number of hydrogen-bond acceptors (Lipinski definition) is 5. The third-order valence-electron chi connectivity index (χ3n) is 4.05. The lowest BCUT2D eigenvalue weighted by atomic mass is 10.2. The summed E-state index contributed by atoms with van der Waals surface area (Å²) in [4.78, 5) is 0. The monoisotopic (exact) mass is 302 g/mol. The van der Waals surface area contributed by atoms with Crippen molar-refractivity contribution in [2.24, 2.45) is 0 Å². The SMILES string of the molecule is COc1cc(CN[C@H](C)c2nnc3n2CCC3)cc(OC)c1. The van der Waals surface area contributed by atoms with Crippen LogP contribution in [0.25, 0.3) is 0 Å². The van der Waals surface area contributed by atoms with Gasteiger partial charge in [0.1, 0.15) is 23.1 Å². The molecular formula is C16H22N4O2. The Labute approximate surface area is 130 Å².